The molecule has 3 atom stereocenters. The van der Waals surface area contributed by atoms with E-state index in [2.05, 4.69) is 36.9 Å². The molecule has 3 rings (SSSR count). The fourth-order valence-electron chi connectivity index (χ4n) is 4.10. The summed E-state index contributed by atoms with van der Waals surface area (Å²) >= 11 is 0. The first kappa shape index (κ1) is 15.1. The van der Waals surface area contributed by atoms with Crippen molar-refractivity contribution < 1.29 is 5.11 Å². The van der Waals surface area contributed by atoms with Crippen LogP contribution in [-0.4, -0.2) is 28.6 Å². The van der Waals surface area contributed by atoms with Crippen molar-refractivity contribution in [1.82, 2.24) is 4.90 Å². The zero-order chi connectivity index (χ0) is 14.8. The number of nitrogens with zero attached hydrogens (tertiary/aromatic N) is 1. The van der Waals surface area contributed by atoms with Gasteiger partial charge in [0.15, 0.2) is 0 Å². The minimum atomic E-state index is -0.347. The van der Waals surface area contributed by atoms with Crippen molar-refractivity contribution in [2.24, 2.45) is 0 Å². The predicted molar refractivity (Wildman–Crippen MR) is 87.5 cm³/mol. The van der Waals surface area contributed by atoms with Gasteiger partial charge in [-0.1, -0.05) is 24.6 Å². The van der Waals surface area contributed by atoms with Gasteiger partial charge in [0.25, 0.3) is 0 Å². The van der Waals surface area contributed by atoms with E-state index in [-0.39, 0.29) is 6.10 Å². The van der Waals surface area contributed by atoms with E-state index in [1.807, 2.05) is 0 Å². The van der Waals surface area contributed by atoms with Gasteiger partial charge in [-0.2, -0.15) is 0 Å². The molecular weight excluding hydrogens is 258 g/mol. The van der Waals surface area contributed by atoms with Gasteiger partial charge in [0.1, 0.15) is 0 Å². The summed E-state index contributed by atoms with van der Waals surface area (Å²) in [4.78, 5) is 2.49. The van der Waals surface area contributed by atoms with E-state index in [0.717, 1.165) is 12.1 Å². The molecule has 0 bridgehead atoms. The first-order valence-corrected chi connectivity index (χ1v) is 8.70. The zero-order valence-electron chi connectivity index (χ0n) is 13.5. The molecule has 1 N–H and O–H groups in total. The average molecular weight is 287 g/mol. The monoisotopic (exact) mass is 287 g/mol. The largest absolute Gasteiger partial charge is 0.387 e. The average Bonchev–Trinajstić information content (AvgIpc) is 2.50. The Morgan fingerprint density at radius 3 is 2.43 bits per heavy atom. The lowest BCUT2D eigenvalue weighted by Crippen LogP contribution is -2.45. The van der Waals surface area contributed by atoms with Crippen molar-refractivity contribution >= 4 is 0 Å². The summed E-state index contributed by atoms with van der Waals surface area (Å²) in [5, 5.41) is 10.7. The molecule has 2 heteroatoms. The van der Waals surface area contributed by atoms with Crippen LogP contribution in [0.4, 0.5) is 0 Å². The molecule has 1 aliphatic carbocycles. The quantitative estimate of drug-likeness (QED) is 0.912. The van der Waals surface area contributed by atoms with Gasteiger partial charge in [0.2, 0.25) is 0 Å². The second kappa shape index (κ2) is 6.50. The SMILES string of the molecule is CC1CCCC(C)N1CC(O)c1ccc2c(c1)CCCC2. The summed E-state index contributed by atoms with van der Waals surface area (Å²) in [6, 6.07) is 7.85. The highest BCUT2D eigenvalue weighted by Crippen LogP contribution is 2.28. The number of aryl methyl sites for hydroxylation is 2. The summed E-state index contributed by atoms with van der Waals surface area (Å²) in [6.45, 7) is 5.38. The summed E-state index contributed by atoms with van der Waals surface area (Å²) in [5.41, 5.74) is 4.08. The number of hydrogen-bond acceptors (Lipinski definition) is 2. The number of likely N-dealkylation sites (tertiary alicyclic amines) is 1. The lowest BCUT2D eigenvalue weighted by atomic mass is 9.89. The Kier molecular flexibility index (Phi) is 4.66. The number of fused-ring (bicyclic) bond motifs is 1. The molecular formula is C19H29NO. The third kappa shape index (κ3) is 3.32. The standard InChI is InChI=1S/C19H29NO/c1-14-6-5-7-15(2)20(14)13-19(21)18-11-10-16-8-3-4-9-17(16)12-18/h10-12,14-15,19,21H,3-9,13H2,1-2H3. The normalized spacial score (nSPS) is 28.1. The lowest BCUT2D eigenvalue weighted by molar-refractivity contribution is 0.0411. The predicted octanol–water partition coefficient (Wildman–Crippen LogP) is 3.86. The van der Waals surface area contributed by atoms with Crippen LogP contribution in [0.2, 0.25) is 0 Å². The van der Waals surface area contributed by atoms with Gasteiger partial charge in [0.05, 0.1) is 6.10 Å². The molecule has 1 aromatic rings. The van der Waals surface area contributed by atoms with Crippen molar-refractivity contribution in [2.75, 3.05) is 6.54 Å². The molecule has 0 saturated carbocycles. The van der Waals surface area contributed by atoms with Gasteiger partial charge >= 0.3 is 0 Å². The summed E-state index contributed by atoms with van der Waals surface area (Å²) in [7, 11) is 0. The lowest BCUT2D eigenvalue weighted by Gasteiger charge is -2.40. The molecule has 1 saturated heterocycles. The Hall–Kier alpha value is -0.860. The summed E-state index contributed by atoms with van der Waals surface area (Å²) in [5.74, 6) is 0. The van der Waals surface area contributed by atoms with E-state index < -0.39 is 0 Å². The molecule has 116 valence electrons. The molecule has 1 fully saturated rings. The maximum absolute atomic E-state index is 10.7. The first-order valence-electron chi connectivity index (χ1n) is 8.70. The van der Waals surface area contributed by atoms with Crippen molar-refractivity contribution in [1.29, 1.82) is 0 Å². The molecule has 3 unspecified atom stereocenters. The van der Waals surface area contributed by atoms with Crippen LogP contribution < -0.4 is 0 Å². The van der Waals surface area contributed by atoms with E-state index in [4.69, 9.17) is 0 Å². The molecule has 0 aromatic heterocycles. The third-order valence-corrected chi connectivity index (χ3v) is 5.52. The minimum Gasteiger partial charge on any atom is -0.387 e. The number of benzene rings is 1. The van der Waals surface area contributed by atoms with Crippen LogP contribution in [0.1, 0.15) is 68.7 Å². The highest BCUT2D eigenvalue weighted by Gasteiger charge is 2.27. The van der Waals surface area contributed by atoms with Crippen LogP contribution in [0.15, 0.2) is 18.2 Å². The van der Waals surface area contributed by atoms with Gasteiger partial charge in [-0.15, -0.1) is 0 Å². The number of hydrogen-bond donors (Lipinski definition) is 1. The Balaban J connectivity index is 1.71. The zero-order valence-corrected chi connectivity index (χ0v) is 13.5. The van der Waals surface area contributed by atoms with Crippen molar-refractivity contribution in [2.45, 2.75) is 77.0 Å². The van der Waals surface area contributed by atoms with Gasteiger partial charge in [-0.05, 0) is 69.1 Å². The van der Waals surface area contributed by atoms with E-state index in [1.165, 1.54) is 56.1 Å². The summed E-state index contributed by atoms with van der Waals surface area (Å²) < 4.78 is 0. The van der Waals surface area contributed by atoms with Crippen molar-refractivity contribution in [3.05, 3.63) is 34.9 Å². The fourth-order valence-corrected chi connectivity index (χ4v) is 4.10. The number of aliphatic hydroxyl groups excluding tert-OH is 1. The second-order valence-corrected chi connectivity index (χ2v) is 7.08. The molecule has 1 aliphatic heterocycles. The maximum Gasteiger partial charge on any atom is 0.0917 e. The number of β-amino-alcohol motifs (C(OH)–C–C–N with tert-alkyl or cyclic N) is 1. The van der Waals surface area contributed by atoms with Gasteiger partial charge in [-0.25, -0.2) is 0 Å². The topological polar surface area (TPSA) is 23.5 Å². The molecule has 0 radical (unpaired) electrons. The molecule has 0 amide bonds. The highest BCUT2D eigenvalue weighted by atomic mass is 16.3. The molecule has 0 spiro atoms. The van der Waals surface area contributed by atoms with Crippen LogP contribution in [0.25, 0.3) is 0 Å². The fraction of sp³-hybridized carbons (Fsp3) is 0.684. The van der Waals surface area contributed by atoms with Crippen molar-refractivity contribution in [3.63, 3.8) is 0 Å². The van der Waals surface area contributed by atoms with E-state index in [1.54, 1.807) is 0 Å². The van der Waals surface area contributed by atoms with Gasteiger partial charge in [-0.3, -0.25) is 4.90 Å². The molecule has 2 nitrogen and oxygen atoms in total. The van der Waals surface area contributed by atoms with Crippen LogP contribution >= 0.6 is 0 Å². The number of aliphatic hydroxyl groups is 1. The number of piperidine rings is 1. The number of rotatable bonds is 3. The van der Waals surface area contributed by atoms with Crippen molar-refractivity contribution in [3.8, 4) is 0 Å². The first-order chi connectivity index (χ1) is 10.1. The Morgan fingerprint density at radius 1 is 1.05 bits per heavy atom. The van der Waals surface area contributed by atoms with E-state index in [9.17, 15) is 5.11 Å². The van der Waals surface area contributed by atoms with E-state index in [0.29, 0.717) is 12.1 Å². The maximum atomic E-state index is 10.7. The van der Waals surface area contributed by atoms with Gasteiger partial charge < -0.3 is 5.11 Å². The second-order valence-electron chi connectivity index (χ2n) is 7.08. The Bertz CT molecular complexity index is 474. The minimum absolute atomic E-state index is 0.347. The van der Waals surface area contributed by atoms with Crippen LogP contribution in [-0.2, 0) is 12.8 Å². The van der Waals surface area contributed by atoms with E-state index >= 15 is 0 Å². The van der Waals surface area contributed by atoms with Crippen LogP contribution in [0.3, 0.4) is 0 Å². The summed E-state index contributed by atoms with van der Waals surface area (Å²) in [6.07, 6.45) is 8.53. The Labute approximate surface area is 129 Å². The molecule has 1 aromatic carbocycles. The van der Waals surface area contributed by atoms with Gasteiger partial charge in [0, 0.05) is 18.6 Å². The molecule has 1 heterocycles. The third-order valence-electron chi connectivity index (χ3n) is 5.52. The highest BCUT2D eigenvalue weighted by molar-refractivity contribution is 5.34. The molecule has 21 heavy (non-hydrogen) atoms. The van der Waals surface area contributed by atoms with Crippen LogP contribution in [0, 0.1) is 0 Å². The Morgan fingerprint density at radius 2 is 1.71 bits per heavy atom. The molecule has 2 aliphatic rings. The van der Waals surface area contributed by atoms with Crippen LogP contribution in [0.5, 0.6) is 0 Å². The smallest absolute Gasteiger partial charge is 0.0917 e.